The van der Waals surface area contributed by atoms with Crippen molar-refractivity contribution in [3.05, 3.63) is 326 Å². The fourth-order valence-electron chi connectivity index (χ4n) is 13.6. The summed E-state index contributed by atoms with van der Waals surface area (Å²) in [7, 11) is 0. The maximum Gasteiger partial charge on any atom is 0.0754 e. The molecule has 1 atom stereocenters. The molecule has 2 heterocycles. The Hall–Kier alpha value is -10.3. The maximum atomic E-state index is 2.53. The molecule has 0 bridgehead atoms. The predicted octanol–water partition coefficient (Wildman–Crippen LogP) is 20.4. The highest BCUT2D eigenvalue weighted by Gasteiger charge is 2.51. The summed E-state index contributed by atoms with van der Waals surface area (Å²) in [5, 5.41) is 4.93. The van der Waals surface area contributed by atoms with E-state index in [1.54, 1.807) is 0 Å². The van der Waals surface area contributed by atoms with Crippen molar-refractivity contribution < 1.29 is 0 Å². The second-order valence-electron chi connectivity index (χ2n) is 21.1. The molecule has 0 amide bonds. The maximum absolute atomic E-state index is 2.53. The lowest BCUT2D eigenvalue weighted by molar-refractivity contribution is 0.749. The lowest BCUT2D eigenvalue weighted by Gasteiger charge is -2.39. The van der Waals surface area contributed by atoms with E-state index >= 15 is 0 Å². The summed E-state index contributed by atoms with van der Waals surface area (Å²) in [5.74, 6) is 0. The van der Waals surface area contributed by atoms with E-state index in [0.717, 1.165) is 28.2 Å². The van der Waals surface area contributed by atoms with Gasteiger partial charge in [-0.1, -0.05) is 255 Å². The van der Waals surface area contributed by atoms with E-state index in [9.17, 15) is 0 Å². The Morgan fingerprint density at radius 1 is 0.253 bits per heavy atom. The molecule has 0 saturated heterocycles. The van der Waals surface area contributed by atoms with Crippen molar-refractivity contribution in [1.29, 1.82) is 0 Å². The van der Waals surface area contributed by atoms with Crippen LogP contribution >= 0.6 is 0 Å². The Morgan fingerprint density at radius 3 is 1.52 bits per heavy atom. The van der Waals surface area contributed by atoms with Crippen LogP contribution in [-0.4, -0.2) is 4.57 Å². The molecule has 1 aliphatic carbocycles. The summed E-state index contributed by atoms with van der Waals surface area (Å²) in [6.07, 6.45) is 0. The summed E-state index contributed by atoms with van der Waals surface area (Å²) < 4.78 is 2.53. The van der Waals surface area contributed by atoms with Gasteiger partial charge in [0.2, 0.25) is 0 Å². The van der Waals surface area contributed by atoms with Gasteiger partial charge in [-0.2, -0.15) is 0 Å². The van der Waals surface area contributed by atoms with Crippen molar-refractivity contribution in [1.82, 2.24) is 4.57 Å². The Bertz CT molecular complexity index is 4700. The smallest absolute Gasteiger partial charge is 0.0754 e. The number of para-hydroxylation sites is 4. The van der Waals surface area contributed by atoms with E-state index < -0.39 is 5.41 Å². The number of anilines is 3. The topological polar surface area (TPSA) is 8.17 Å². The lowest BCUT2D eigenvalue weighted by atomic mass is 9.65. The Labute approximate surface area is 460 Å². The van der Waals surface area contributed by atoms with E-state index in [1.165, 1.54) is 116 Å². The van der Waals surface area contributed by atoms with Crippen LogP contribution in [0.5, 0.6) is 0 Å². The molecule has 1 spiro atoms. The standard InChI is InChI=1S/C77H50N2/c1-3-19-51(20-4-1)53-37-39-54(40-38-53)55-41-44-59(45-42-55)78(72-34-14-10-25-61(72)57-24-17-23-56(49-57)52-21-5-2-6-22-52)74-48-47-60(62-26-7-8-28-65(62)74)58-43-46-64-63-27-9-12-31-68(63)77(71(64)50-58)69-32-13-16-36-75(69)79-73-35-15-11-29-66(73)67-30-18-33-70(77)76(67)79/h1-50H. The Kier molecular flexibility index (Phi) is 10.2. The van der Waals surface area contributed by atoms with Crippen LogP contribution in [0.1, 0.15) is 22.3 Å². The van der Waals surface area contributed by atoms with Crippen molar-refractivity contribution in [2.24, 2.45) is 0 Å². The quantitative estimate of drug-likeness (QED) is 0.147. The first-order valence-corrected chi connectivity index (χ1v) is 27.4. The van der Waals surface area contributed by atoms with Crippen molar-refractivity contribution >= 4 is 49.6 Å². The molecule has 16 rings (SSSR count). The van der Waals surface area contributed by atoms with Crippen LogP contribution in [0.25, 0.3) is 105 Å². The molecule has 368 valence electrons. The van der Waals surface area contributed by atoms with Crippen molar-refractivity contribution in [2.45, 2.75) is 5.41 Å². The van der Waals surface area contributed by atoms with Crippen LogP contribution in [0.4, 0.5) is 17.1 Å². The molecule has 1 unspecified atom stereocenters. The average Bonchev–Trinajstić information content (AvgIpc) is 3.44. The molecule has 14 aromatic rings. The van der Waals surface area contributed by atoms with Gasteiger partial charge >= 0.3 is 0 Å². The first-order valence-electron chi connectivity index (χ1n) is 27.4. The first-order chi connectivity index (χ1) is 39.2. The van der Waals surface area contributed by atoms with E-state index in [2.05, 4.69) is 313 Å². The van der Waals surface area contributed by atoms with Crippen LogP contribution in [0.2, 0.25) is 0 Å². The minimum absolute atomic E-state index is 0.549. The number of nitrogens with zero attached hydrogens (tertiary/aromatic N) is 2. The fraction of sp³-hybridized carbons (Fsp3) is 0.0130. The van der Waals surface area contributed by atoms with Crippen molar-refractivity contribution in [3.63, 3.8) is 0 Å². The zero-order valence-corrected chi connectivity index (χ0v) is 43.3. The van der Waals surface area contributed by atoms with Crippen LogP contribution < -0.4 is 4.90 Å². The molecule has 0 fully saturated rings. The summed E-state index contributed by atoms with van der Waals surface area (Å²) in [5.41, 5.74) is 26.2. The van der Waals surface area contributed by atoms with Crippen LogP contribution in [0.3, 0.4) is 0 Å². The molecule has 2 heteroatoms. The third-order valence-electron chi connectivity index (χ3n) is 17.0. The summed E-state index contributed by atoms with van der Waals surface area (Å²) in [6.45, 7) is 0. The minimum atomic E-state index is -0.549. The van der Waals surface area contributed by atoms with Gasteiger partial charge in [0.05, 0.1) is 33.5 Å². The zero-order valence-electron chi connectivity index (χ0n) is 43.3. The number of aromatic nitrogens is 1. The van der Waals surface area contributed by atoms with Crippen LogP contribution in [0.15, 0.2) is 303 Å². The van der Waals surface area contributed by atoms with Gasteiger partial charge in [-0.05, 0) is 137 Å². The molecule has 1 aliphatic heterocycles. The van der Waals surface area contributed by atoms with E-state index in [0.29, 0.717) is 0 Å². The molecular weight excluding hydrogens is 953 g/mol. The summed E-state index contributed by atoms with van der Waals surface area (Å²) >= 11 is 0. The van der Waals surface area contributed by atoms with Gasteiger partial charge in [-0.25, -0.2) is 0 Å². The molecule has 0 N–H and O–H groups in total. The molecular formula is C77H50N2. The second kappa shape index (κ2) is 17.9. The summed E-state index contributed by atoms with van der Waals surface area (Å²) in [4.78, 5) is 2.48. The van der Waals surface area contributed by atoms with Gasteiger partial charge in [-0.15, -0.1) is 0 Å². The molecule has 1 aromatic heterocycles. The second-order valence-corrected chi connectivity index (χ2v) is 21.1. The normalized spacial score (nSPS) is 13.9. The highest BCUT2D eigenvalue weighted by Crippen LogP contribution is 2.61. The van der Waals surface area contributed by atoms with Gasteiger partial charge < -0.3 is 9.47 Å². The van der Waals surface area contributed by atoms with Gasteiger partial charge in [0.25, 0.3) is 0 Å². The number of benzene rings is 13. The molecule has 0 saturated carbocycles. The molecule has 0 radical (unpaired) electrons. The first kappa shape index (κ1) is 45.0. The van der Waals surface area contributed by atoms with Gasteiger partial charge in [-0.3, -0.25) is 0 Å². The van der Waals surface area contributed by atoms with Crippen molar-refractivity contribution in [2.75, 3.05) is 4.90 Å². The number of hydrogen-bond donors (Lipinski definition) is 0. The third kappa shape index (κ3) is 6.84. The fourth-order valence-corrected chi connectivity index (χ4v) is 13.6. The molecule has 79 heavy (non-hydrogen) atoms. The van der Waals surface area contributed by atoms with Crippen LogP contribution in [-0.2, 0) is 5.41 Å². The molecule has 2 nitrogen and oxygen atoms in total. The predicted molar refractivity (Wildman–Crippen MR) is 331 cm³/mol. The highest BCUT2D eigenvalue weighted by atomic mass is 15.1. The number of hydrogen-bond acceptors (Lipinski definition) is 1. The largest absolute Gasteiger partial charge is 0.309 e. The number of fused-ring (bicyclic) bond motifs is 13. The van der Waals surface area contributed by atoms with Gasteiger partial charge in [0.15, 0.2) is 0 Å². The Balaban J connectivity index is 0.879. The highest BCUT2D eigenvalue weighted by molar-refractivity contribution is 6.13. The lowest BCUT2D eigenvalue weighted by Crippen LogP contribution is -2.33. The average molecular weight is 1000 g/mol. The van der Waals surface area contributed by atoms with E-state index in [-0.39, 0.29) is 0 Å². The molecule has 2 aliphatic rings. The molecule has 13 aromatic carbocycles. The SMILES string of the molecule is c1ccc(-c2ccc(-c3ccc(N(c4ccccc4-c4cccc(-c5ccccc5)c4)c4ccc(-c5ccc6c(c5)C5(c7ccccc7-6)c6ccccc6-n6c7ccccc7c7cccc5c76)c5ccccc45)cc3)cc2)cc1. The van der Waals surface area contributed by atoms with E-state index in [4.69, 9.17) is 0 Å². The summed E-state index contributed by atoms with van der Waals surface area (Å²) in [6, 6.07) is 112. The minimum Gasteiger partial charge on any atom is -0.309 e. The van der Waals surface area contributed by atoms with Crippen molar-refractivity contribution in [3.8, 4) is 72.4 Å². The third-order valence-corrected chi connectivity index (χ3v) is 17.0. The van der Waals surface area contributed by atoms with Gasteiger partial charge in [0.1, 0.15) is 0 Å². The van der Waals surface area contributed by atoms with Gasteiger partial charge in [0, 0.05) is 27.4 Å². The van der Waals surface area contributed by atoms with Crippen LogP contribution in [0, 0.1) is 0 Å². The Morgan fingerprint density at radius 2 is 0.747 bits per heavy atom. The monoisotopic (exact) mass is 1000 g/mol. The van der Waals surface area contributed by atoms with E-state index in [1.807, 2.05) is 0 Å². The number of rotatable bonds is 8. The zero-order chi connectivity index (χ0) is 52.0.